The molecule has 160 valence electrons. The largest absolute Gasteiger partial charge is 0.465 e. The zero-order valence-electron chi connectivity index (χ0n) is 16.9. The highest BCUT2D eigenvalue weighted by molar-refractivity contribution is 5.65. The van der Waals surface area contributed by atoms with Gasteiger partial charge in [0.1, 0.15) is 11.6 Å². The number of halogens is 2. The van der Waals surface area contributed by atoms with Crippen molar-refractivity contribution in [1.29, 1.82) is 0 Å². The van der Waals surface area contributed by atoms with Crippen molar-refractivity contribution in [2.45, 2.75) is 25.0 Å². The van der Waals surface area contributed by atoms with Gasteiger partial charge in [0.2, 0.25) is 0 Å². The van der Waals surface area contributed by atoms with Gasteiger partial charge in [0, 0.05) is 32.2 Å². The molecular weight excluding hydrogens is 390 g/mol. The van der Waals surface area contributed by atoms with Crippen LogP contribution in [-0.4, -0.2) is 60.4 Å². The first kappa shape index (κ1) is 20.8. The predicted molar refractivity (Wildman–Crippen MR) is 108 cm³/mol. The molecular formula is C23H26F2N2O3. The van der Waals surface area contributed by atoms with Crippen LogP contribution in [-0.2, 0) is 4.74 Å². The third-order valence-corrected chi connectivity index (χ3v) is 6.56. The average molecular weight is 416 g/mol. The van der Waals surface area contributed by atoms with E-state index in [9.17, 15) is 18.7 Å². The highest BCUT2D eigenvalue weighted by atomic mass is 19.1. The number of ether oxygens (including phenoxy) is 1. The van der Waals surface area contributed by atoms with E-state index in [0.29, 0.717) is 26.1 Å². The van der Waals surface area contributed by atoms with Crippen molar-refractivity contribution in [2.75, 3.05) is 33.3 Å². The molecule has 1 spiro atoms. The molecule has 0 aromatic heterocycles. The summed E-state index contributed by atoms with van der Waals surface area (Å²) in [7, 11) is 1.68. The van der Waals surface area contributed by atoms with Gasteiger partial charge in [-0.05, 0) is 54.8 Å². The molecule has 0 saturated carbocycles. The lowest BCUT2D eigenvalue weighted by Gasteiger charge is -2.45. The number of carboxylic acid groups (broad SMARTS) is 1. The number of hydrogen-bond donors (Lipinski definition) is 1. The van der Waals surface area contributed by atoms with Crippen molar-refractivity contribution in [2.24, 2.45) is 5.41 Å². The van der Waals surface area contributed by atoms with Crippen molar-refractivity contribution in [3.05, 3.63) is 71.3 Å². The molecule has 1 amide bonds. The Balaban J connectivity index is 1.67. The Bertz CT molecular complexity index is 845. The molecule has 2 atom stereocenters. The fraction of sp³-hybridized carbons (Fsp3) is 0.435. The predicted octanol–water partition coefficient (Wildman–Crippen LogP) is 4.15. The fourth-order valence-corrected chi connectivity index (χ4v) is 5.12. The lowest BCUT2D eigenvalue weighted by Crippen LogP contribution is -2.55. The van der Waals surface area contributed by atoms with Crippen LogP contribution in [0.5, 0.6) is 0 Å². The van der Waals surface area contributed by atoms with E-state index < -0.39 is 6.09 Å². The molecule has 2 unspecified atom stereocenters. The number of nitrogens with zero attached hydrogens (tertiary/aromatic N) is 2. The Morgan fingerprint density at radius 3 is 2.10 bits per heavy atom. The smallest absolute Gasteiger partial charge is 0.407 e. The van der Waals surface area contributed by atoms with Gasteiger partial charge in [0.05, 0.1) is 12.1 Å². The highest BCUT2D eigenvalue weighted by Crippen LogP contribution is 2.44. The highest BCUT2D eigenvalue weighted by Gasteiger charge is 2.50. The number of carbonyl (C=O) groups is 1. The van der Waals surface area contributed by atoms with Crippen molar-refractivity contribution in [3.63, 3.8) is 0 Å². The summed E-state index contributed by atoms with van der Waals surface area (Å²) in [5, 5.41) is 9.52. The minimum Gasteiger partial charge on any atom is -0.465 e. The molecule has 7 heteroatoms. The van der Waals surface area contributed by atoms with E-state index in [-0.39, 0.29) is 29.2 Å². The summed E-state index contributed by atoms with van der Waals surface area (Å²) in [6, 6.07) is 12.6. The third kappa shape index (κ3) is 3.91. The topological polar surface area (TPSA) is 53.0 Å². The van der Waals surface area contributed by atoms with Gasteiger partial charge in [-0.25, -0.2) is 13.6 Å². The van der Waals surface area contributed by atoms with Crippen LogP contribution < -0.4 is 0 Å². The molecule has 2 aromatic rings. The van der Waals surface area contributed by atoms with Crippen LogP contribution in [0.15, 0.2) is 48.5 Å². The lowest BCUT2D eigenvalue weighted by molar-refractivity contribution is -0.0595. The zero-order chi connectivity index (χ0) is 21.3. The van der Waals surface area contributed by atoms with Gasteiger partial charge < -0.3 is 14.7 Å². The molecule has 5 nitrogen and oxygen atoms in total. The van der Waals surface area contributed by atoms with Gasteiger partial charge in [0.15, 0.2) is 0 Å². The summed E-state index contributed by atoms with van der Waals surface area (Å²) in [4.78, 5) is 15.4. The van der Waals surface area contributed by atoms with Crippen molar-refractivity contribution in [3.8, 4) is 0 Å². The molecule has 0 bridgehead atoms. The summed E-state index contributed by atoms with van der Waals surface area (Å²) < 4.78 is 32.9. The zero-order valence-corrected chi connectivity index (χ0v) is 16.9. The summed E-state index contributed by atoms with van der Waals surface area (Å²) in [6.07, 6.45) is 0.527. The van der Waals surface area contributed by atoms with E-state index in [0.717, 1.165) is 24.1 Å². The quantitative estimate of drug-likeness (QED) is 0.814. The molecule has 2 aliphatic heterocycles. The van der Waals surface area contributed by atoms with Gasteiger partial charge in [-0.15, -0.1) is 0 Å². The Morgan fingerprint density at radius 2 is 1.60 bits per heavy atom. The van der Waals surface area contributed by atoms with E-state index in [1.165, 1.54) is 29.2 Å². The molecule has 4 rings (SSSR count). The van der Waals surface area contributed by atoms with Gasteiger partial charge in [-0.1, -0.05) is 24.3 Å². The van der Waals surface area contributed by atoms with Crippen LogP contribution in [0.2, 0.25) is 0 Å². The monoisotopic (exact) mass is 416 g/mol. The number of rotatable bonds is 4. The maximum atomic E-state index is 13.5. The summed E-state index contributed by atoms with van der Waals surface area (Å²) in [6.45, 7) is 2.29. The second-order valence-corrected chi connectivity index (χ2v) is 8.31. The molecule has 2 heterocycles. The third-order valence-electron chi connectivity index (χ3n) is 6.56. The van der Waals surface area contributed by atoms with E-state index in [4.69, 9.17) is 4.74 Å². The average Bonchev–Trinajstić information content (AvgIpc) is 3.14. The van der Waals surface area contributed by atoms with Gasteiger partial charge in [-0.2, -0.15) is 0 Å². The first-order valence-electron chi connectivity index (χ1n) is 10.2. The van der Waals surface area contributed by atoms with Crippen LogP contribution >= 0.6 is 0 Å². The molecule has 1 N–H and O–H groups in total. The second kappa shape index (κ2) is 8.32. The summed E-state index contributed by atoms with van der Waals surface area (Å²) in [5.41, 5.74) is 1.53. The summed E-state index contributed by atoms with van der Waals surface area (Å²) >= 11 is 0. The number of benzene rings is 2. The number of methoxy groups -OCH3 is 1. The normalized spacial score (nSPS) is 24.7. The van der Waals surface area contributed by atoms with E-state index in [2.05, 4.69) is 4.90 Å². The molecule has 2 saturated heterocycles. The molecule has 2 fully saturated rings. The Hall–Kier alpha value is -2.51. The fourth-order valence-electron chi connectivity index (χ4n) is 5.12. The van der Waals surface area contributed by atoms with Gasteiger partial charge >= 0.3 is 6.09 Å². The number of piperidine rings is 1. The Morgan fingerprint density at radius 1 is 1.03 bits per heavy atom. The molecule has 2 aliphatic rings. The number of amides is 1. The second-order valence-electron chi connectivity index (χ2n) is 8.31. The summed E-state index contributed by atoms with van der Waals surface area (Å²) in [5.74, 6) is -0.614. The number of likely N-dealkylation sites (tertiary alicyclic amines) is 2. The van der Waals surface area contributed by atoms with Crippen LogP contribution in [0.25, 0.3) is 0 Å². The van der Waals surface area contributed by atoms with Crippen molar-refractivity contribution >= 4 is 6.09 Å². The Labute approximate surface area is 174 Å². The maximum Gasteiger partial charge on any atom is 0.407 e. The first-order valence-corrected chi connectivity index (χ1v) is 10.2. The van der Waals surface area contributed by atoms with E-state index in [1.54, 1.807) is 31.4 Å². The van der Waals surface area contributed by atoms with E-state index in [1.807, 2.05) is 0 Å². The van der Waals surface area contributed by atoms with Gasteiger partial charge in [0.25, 0.3) is 0 Å². The van der Waals surface area contributed by atoms with Crippen LogP contribution in [0, 0.1) is 17.0 Å². The molecule has 0 radical (unpaired) electrons. The first-order chi connectivity index (χ1) is 14.4. The standard InChI is InChI=1S/C23H26F2N2O3/c1-30-20-10-12-27(22(28)29)15-23(20)11-13-26(14-23)21(16-2-6-18(24)7-3-16)17-4-8-19(25)9-5-17/h2-9,20-21H,10-15H2,1H3,(H,28,29). The minimum absolute atomic E-state index is 0.0276. The van der Waals surface area contributed by atoms with Crippen LogP contribution in [0.4, 0.5) is 13.6 Å². The minimum atomic E-state index is -0.906. The van der Waals surface area contributed by atoms with E-state index >= 15 is 0 Å². The van der Waals surface area contributed by atoms with Crippen molar-refractivity contribution in [1.82, 2.24) is 9.80 Å². The maximum absolute atomic E-state index is 13.5. The molecule has 2 aromatic carbocycles. The molecule has 0 aliphatic carbocycles. The molecule has 30 heavy (non-hydrogen) atoms. The SMILES string of the molecule is COC1CCN(C(=O)O)CC12CCN(C(c1ccc(F)cc1)c1ccc(F)cc1)C2. The van der Waals surface area contributed by atoms with Crippen molar-refractivity contribution < 1.29 is 23.4 Å². The number of hydrogen-bond acceptors (Lipinski definition) is 3. The lowest BCUT2D eigenvalue weighted by atomic mass is 9.76. The van der Waals surface area contributed by atoms with Gasteiger partial charge in [-0.3, -0.25) is 4.90 Å². The van der Waals surface area contributed by atoms with Crippen LogP contribution in [0.3, 0.4) is 0 Å². The Kier molecular flexibility index (Phi) is 5.75. The van der Waals surface area contributed by atoms with Crippen LogP contribution in [0.1, 0.15) is 30.0 Å².